The summed E-state index contributed by atoms with van der Waals surface area (Å²) in [7, 11) is 5.02. The number of ether oxygens (including phenoxy) is 3. The lowest BCUT2D eigenvalue weighted by Crippen LogP contribution is -2.42. The van der Waals surface area contributed by atoms with E-state index in [9.17, 15) is 5.11 Å². The van der Waals surface area contributed by atoms with Crippen LogP contribution >= 0.6 is 0 Å². The molecule has 0 radical (unpaired) electrons. The summed E-state index contributed by atoms with van der Waals surface area (Å²) in [6.07, 6.45) is 0.826. The van der Waals surface area contributed by atoms with Gasteiger partial charge in [0.05, 0.1) is 27.9 Å². The first-order valence-electron chi connectivity index (χ1n) is 9.67. The summed E-state index contributed by atoms with van der Waals surface area (Å²) in [6, 6.07) is 10.5. The Labute approximate surface area is 165 Å². The van der Waals surface area contributed by atoms with E-state index < -0.39 is 0 Å². The van der Waals surface area contributed by atoms with E-state index in [1.54, 1.807) is 21.3 Å². The molecule has 5 heteroatoms. The molecule has 0 saturated heterocycles. The molecule has 1 N–H and O–H groups in total. The summed E-state index contributed by atoms with van der Waals surface area (Å²) in [5.74, 6) is 2.27. The number of rotatable bonds is 5. The van der Waals surface area contributed by atoms with Gasteiger partial charge in [-0.1, -0.05) is 13.0 Å². The van der Waals surface area contributed by atoms with Crippen LogP contribution in [0.25, 0.3) is 21.5 Å². The first-order chi connectivity index (χ1) is 13.6. The van der Waals surface area contributed by atoms with Crippen LogP contribution in [0, 0.1) is 0 Å². The fourth-order valence-corrected chi connectivity index (χ4v) is 4.47. The summed E-state index contributed by atoms with van der Waals surface area (Å²) < 4.78 is 16.6. The van der Waals surface area contributed by atoms with Crippen molar-refractivity contribution in [3.63, 3.8) is 0 Å². The standard InChI is InChI=1S/C23H27NO4/c1-5-24-12-21-17(8-14(24)13-25)16-7-6-15(26-2)9-18(16)19-10-22(27-3)23(28-4)11-20(19)21/h6-7,9-11,14,25H,5,8,12-13H2,1-4H3. The topological polar surface area (TPSA) is 51.2 Å². The number of methoxy groups -OCH3 is 3. The van der Waals surface area contributed by atoms with Gasteiger partial charge < -0.3 is 19.3 Å². The van der Waals surface area contributed by atoms with Crippen LogP contribution in [0.3, 0.4) is 0 Å². The Bertz CT molecular complexity index is 1030. The molecule has 3 aromatic carbocycles. The maximum atomic E-state index is 9.94. The monoisotopic (exact) mass is 381 g/mol. The van der Waals surface area contributed by atoms with Gasteiger partial charge >= 0.3 is 0 Å². The minimum atomic E-state index is 0.139. The van der Waals surface area contributed by atoms with Crippen LogP contribution in [0.2, 0.25) is 0 Å². The molecule has 28 heavy (non-hydrogen) atoms. The van der Waals surface area contributed by atoms with Crippen LogP contribution in [0.15, 0.2) is 30.3 Å². The second-order valence-electron chi connectivity index (χ2n) is 7.23. The van der Waals surface area contributed by atoms with Crippen LogP contribution < -0.4 is 14.2 Å². The molecule has 4 rings (SSSR count). The third-order valence-corrected chi connectivity index (χ3v) is 5.99. The van der Waals surface area contributed by atoms with E-state index in [1.165, 1.54) is 21.9 Å². The zero-order chi connectivity index (χ0) is 19.8. The second kappa shape index (κ2) is 7.49. The van der Waals surface area contributed by atoms with E-state index >= 15 is 0 Å². The Kier molecular flexibility index (Phi) is 5.04. The molecule has 1 aliphatic rings. The van der Waals surface area contributed by atoms with Crippen molar-refractivity contribution in [3.8, 4) is 17.2 Å². The van der Waals surface area contributed by atoms with Gasteiger partial charge in [0, 0.05) is 12.6 Å². The zero-order valence-corrected chi connectivity index (χ0v) is 16.9. The van der Waals surface area contributed by atoms with Crippen molar-refractivity contribution in [3.05, 3.63) is 41.5 Å². The third kappa shape index (κ3) is 2.86. The number of hydrogen-bond acceptors (Lipinski definition) is 5. The summed E-state index contributed by atoms with van der Waals surface area (Å²) in [5, 5.41) is 14.6. The van der Waals surface area contributed by atoms with Crippen molar-refractivity contribution in [2.75, 3.05) is 34.5 Å². The van der Waals surface area contributed by atoms with Crippen molar-refractivity contribution in [2.24, 2.45) is 0 Å². The Morgan fingerprint density at radius 1 is 0.893 bits per heavy atom. The molecule has 1 unspecified atom stereocenters. The Balaban J connectivity index is 2.11. The van der Waals surface area contributed by atoms with E-state index in [2.05, 4.69) is 36.1 Å². The number of nitrogens with zero attached hydrogens (tertiary/aromatic N) is 1. The predicted octanol–water partition coefficient (Wildman–Crippen LogP) is 3.76. The maximum absolute atomic E-state index is 9.94. The number of aliphatic hydroxyl groups excluding tert-OH is 1. The van der Waals surface area contributed by atoms with Gasteiger partial charge in [0.25, 0.3) is 0 Å². The summed E-state index contributed by atoms with van der Waals surface area (Å²) in [6.45, 7) is 4.02. The lowest BCUT2D eigenvalue weighted by atomic mass is 9.85. The molecule has 1 atom stereocenters. The molecule has 0 fully saturated rings. The van der Waals surface area contributed by atoms with Crippen molar-refractivity contribution < 1.29 is 19.3 Å². The maximum Gasteiger partial charge on any atom is 0.161 e. The number of benzene rings is 3. The highest BCUT2D eigenvalue weighted by molar-refractivity contribution is 6.12. The molecule has 1 aliphatic heterocycles. The first-order valence-corrected chi connectivity index (χ1v) is 9.67. The molecule has 0 saturated carbocycles. The lowest BCUT2D eigenvalue weighted by Gasteiger charge is -2.36. The number of hydrogen-bond donors (Lipinski definition) is 1. The SMILES string of the molecule is CCN1Cc2c(c3ccc(OC)cc3c3cc(OC)c(OC)cc23)CC1CO. The molecule has 0 amide bonds. The molecule has 3 aromatic rings. The van der Waals surface area contributed by atoms with Crippen LogP contribution in [0.4, 0.5) is 0 Å². The zero-order valence-electron chi connectivity index (χ0n) is 16.9. The number of likely N-dealkylation sites (N-methyl/N-ethyl adjacent to an activating group) is 1. The second-order valence-corrected chi connectivity index (χ2v) is 7.23. The molecule has 0 bridgehead atoms. The van der Waals surface area contributed by atoms with Crippen molar-refractivity contribution in [1.29, 1.82) is 0 Å². The predicted molar refractivity (Wildman–Crippen MR) is 112 cm³/mol. The van der Waals surface area contributed by atoms with Crippen LogP contribution in [-0.4, -0.2) is 50.5 Å². The molecular formula is C23H27NO4. The fraction of sp³-hybridized carbons (Fsp3) is 0.391. The van der Waals surface area contributed by atoms with E-state index in [-0.39, 0.29) is 12.6 Å². The van der Waals surface area contributed by atoms with E-state index in [1.807, 2.05) is 6.07 Å². The van der Waals surface area contributed by atoms with Gasteiger partial charge in [0.2, 0.25) is 0 Å². The van der Waals surface area contributed by atoms with Gasteiger partial charge in [-0.05, 0) is 69.9 Å². The molecule has 5 nitrogen and oxygen atoms in total. The average molecular weight is 381 g/mol. The smallest absolute Gasteiger partial charge is 0.161 e. The highest BCUT2D eigenvalue weighted by Gasteiger charge is 2.28. The number of fused-ring (bicyclic) bond motifs is 6. The quantitative estimate of drug-likeness (QED) is 0.682. The van der Waals surface area contributed by atoms with E-state index in [0.717, 1.165) is 47.5 Å². The summed E-state index contributed by atoms with van der Waals surface area (Å²) in [4.78, 5) is 2.34. The first kappa shape index (κ1) is 18.8. The highest BCUT2D eigenvalue weighted by Crippen LogP contribution is 2.43. The van der Waals surface area contributed by atoms with Gasteiger partial charge in [-0.2, -0.15) is 0 Å². The van der Waals surface area contributed by atoms with Gasteiger partial charge in [0.15, 0.2) is 11.5 Å². The van der Waals surface area contributed by atoms with Crippen LogP contribution in [-0.2, 0) is 13.0 Å². The molecule has 0 spiro atoms. The molecule has 1 heterocycles. The molecule has 0 aromatic heterocycles. The minimum Gasteiger partial charge on any atom is -0.497 e. The van der Waals surface area contributed by atoms with E-state index in [0.29, 0.717) is 0 Å². The Morgan fingerprint density at radius 2 is 1.57 bits per heavy atom. The molecule has 148 valence electrons. The third-order valence-electron chi connectivity index (χ3n) is 5.99. The van der Waals surface area contributed by atoms with Crippen LogP contribution in [0.1, 0.15) is 18.1 Å². The van der Waals surface area contributed by atoms with Crippen molar-refractivity contribution in [1.82, 2.24) is 4.90 Å². The Hall–Kier alpha value is -2.50. The van der Waals surface area contributed by atoms with Gasteiger partial charge in [-0.25, -0.2) is 0 Å². The van der Waals surface area contributed by atoms with Gasteiger partial charge in [-0.3, -0.25) is 4.90 Å². The highest BCUT2D eigenvalue weighted by atomic mass is 16.5. The fourth-order valence-electron chi connectivity index (χ4n) is 4.47. The summed E-state index contributed by atoms with van der Waals surface area (Å²) >= 11 is 0. The largest absolute Gasteiger partial charge is 0.497 e. The van der Waals surface area contributed by atoms with Crippen molar-refractivity contribution in [2.45, 2.75) is 25.9 Å². The van der Waals surface area contributed by atoms with Crippen LogP contribution in [0.5, 0.6) is 17.2 Å². The lowest BCUT2D eigenvalue weighted by molar-refractivity contribution is 0.113. The number of aliphatic hydroxyl groups is 1. The Morgan fingerprint density at radius 3 is 2.18 bits per heavy atom. The normalized spacial score (nSPS) is 17.0. The van der Waals surface area contributed by atoms with E-state index in [4.69, 9.17) is 14.2 Å². The molecule has 0 aliphatic carbocycles. The molecular weight excluding hydrogens is 354 g/mol. The average Bonchev–Trinajstić information content (AvgIpc) is 2.76. The summed E-state index contributed by atoms with van der Waals surface area (Å²) in [5.41, 5.74) is 2.61. The van der Waals surface area contributed by atoms with Gasteiger partial charge in [0.1, 0.15) is 5.75 Å². The minimum absolute atomic E-state index is 0.139. The van der Waals surface area contributed by atoms with Crippen molar-refractivity contribution >= 4 is 21.5 Å². The van der Waals surface area contributed by atoms with Gasteiger partial charge in [-0.15, -0.1) is 0 Å².